The van der Waals surface area contributed by atoms with Crippen LogP contribution in [0.5, 0.6) is 0 Å². The first-order valence-corrected chi connectivity index (χ1v) is 5.93. The van der Waals surface area contributed by atoms with Gasteiger partial charge in [-0.25, -0.2) is 5.48 Å². The Bertz CT molecular complexity index is 515. The molecule has 0 saturated carbocycles. The van der Waals surface area contributed by atoms with Crippen LogP contribution in [0.4, 0.5) is 0 Å². The fourth-order valence-electron chi connectivity index (χ4n) is 1.65. The average Bonchev–Trinajstić information content (AvgIpc) is 2.42. The molecule has 1 amide bonds. The third-order valence-corrected chi connectivity index (χ3v) is 2.69. The van der Waals surface area contributed by atoms with E-state index in [1.54, 1.807) is 24.3 Å². The largest absolute Gasteiger partial charge is 0.481 e. The van der Waals surface area contributed by atoms with E-state index in [2.05, 4.69) is 5.32 Å². The van der Waals surface area contributed by atoms with Crippen molar-refractivity contribution < 1.29 is 24.7 Å². The molecule has 1 aromatic rings. The molecule has 0 aliphatic rings. The van der Waals surface area contributed by atoms with E-state index in [4.69, 9.17) is 10.3 Å². The van der Waals surface area contributed by atoms with Crippen molar-refractivity contribution >= 4 is 17.7 Å². The van der Waals surface area contributed by atoms with Gasteiger partial charge in [0.25, 0.3) is 5.91 Å². The molecule has 0 spiro atoms. The van der Waals surface area contributed by atoms with Gasteiger partial charge in [0, 0.05) is 12.1 Å². The number of Topliss-reactive ketones (excluding diaryl/α,β-unsaturated/α-hetero) is 1. The van der Waals surface area contributed by atoms with E-state index < -0.39 is 24.3 Å². The number of ketones is 1. The van der Waals surface area contributed by atoms with E-state index >= 15 is 0 Å². The van der Waals surface area contributed by atoms with Gasteiger partial charge in [0.2, 0.25) is 0 Å². The Labute approximate surface area is 115 Å². The van der Waals surface area contributed by atoms with Crippen molar-refractivity contribution in [1.82, 2.24) is 10.8 Å². The Morgan fingerprint density at radius 3 is 2.55 bits per heavy atom. The van der Waals surface area contributed by atoms with E-state index in [9.17, 15) is 14.4 Å². The number of amides is 1. The first-order valence-electron chi connectivity index (χ1n) is 5.93. The number of hydrogen-bond donors (Lipinski definition) is 4. The molecule has 1 aromatic carbocycles. The highest BCUT2D eigenvalue weighted by Crippen LogP contribution is 2.06. The molecule has 0 fully saturated rings. The van der Waals surface area contributed by atoms with Gasteiger partial charge in [0.15, 0.2) is 5.78 Å². The van der Waals surface area contributed by atoms with Gasteiger partial charge < -0.3 is 10.4 Å². The molecule has 20 heavy (non-hydrogen) atoms. The molecule has 0 unspecified atom stereocenters. The highest BCUT2D eigenvalue weighted by Gasteiger charge is 2.20. The number of carboxylic acid groups (broad SMARTS) is 1. The molecule has 0 radical (unpaired) electrons. The maximum atomic E-state index is 11.3. The molecule has 7 nitrogen and oxygen atoms in total. The number of carboxylic acids is 1. The SMILES string of the molecule is CC(=O)c1cccc(CN[C@@H](CC(=O)O)C(=O)NO)c1. The Morgan fingerprint density at radius 1 is 1.30 bits per heavy atom. The second-order valence-electron chi connectivity index (χ2n) is 4.26. The Morgan fingerprint density at radius 2 is 2.00 bits per heavy atom. The third-order valence-electron chi connectivity index (χ3n) is 2.69. The van der Waals surface area contributed by atoms with Gasteiger partial charge in [-0.1, -0.05) is 18.2 Å². The molecule has 0 bridgehead atoms. The molecule has 0 aliphatic carbocycles. The number of aliphatic carboxylic acids is 1. The number of nitrogens with one attached hydrogen (secondary N) is 2. The maximum Gasteiger partial charge on any atom is 0.305 e. The Hall–Kier alpha value is -2.25. The Balaban J connectivity index is 2.71. The highest BCUT2D eigenvalue weighted by molar-refractivity contribution is 5.94. The topological polar surface area (TPSA) is 116 Å². The highest BCUT2D eigenvalue weighted by atomic mass is 16.5. The molecular formula is C13H16N2O5. The van der Waals surface area contributed by atoms with Crippen LogP contribution in [-0.4, -0.2) is 34.0 Å². The van der Waals surface area contributed by atoms with E-state index in [0.717, 1.165) is 5.56 Å². The summed E-state index contributed by atoms with van der Waals surface area (Å²) in [6.45, 7) is 1.64. The van der Waals surface area contributed by atoms with Gasteiger partial charge in [-0.2, -0.15) is 0 Å². The summed E-state index contributed by atoms with van der Waals surface area (Å²) in [5.74, 6) is -2.07. The first kappa shape index (κ1) is 15.8. The van der Waals surface area contributed by atoms with Crippen molar-refractivity contribution in [2.24, 2.45) is 0 Å². The van der Waals surface area contributed by atoms with Gasteiger partial charge >= 0.3 is 5.97 Å². The van der Waals surface area contributed by atoms with Crippen LogP contribution in [-0.2, 0) is 16.1 Å². The predicted octanol–water partition coefficient (Wildman–Crippen LogP) is 0.328. The van der Waals surface area contributed by atoms with Crippen molar-refractivity contribution in [3.8, 4) is 0 Å². The van der Waals surface area contributed by atoms with E-state index in [1.165, 1.54) is 12.4 Å². The van der Waals surface area contributed by atoms with Crippen molar-refractivity contribution in [2.45, 2.75) is 25.9 Å². The van der Waals surface area contributed by atoms with Crippen molar-refractivity contribution in [2.75, 3.05) is 0 Å². The van der Waals surface area contributed by atoms with Gasteiger partial charge in [0.05, 0.1) is 12.5 Å². The summed E-state index contributed by atoms with van der Waals surface area (Å²) in [6, 6.07) is 5.71. The monoisotopic (exact) mass is 280 g/mol. The third kappa shape index (κ3) is 4.79. The normalized spacial score (nSPS) is 11.7. The summed E-state index contributed by atoms with van der Waals surface area (Å²) in [5, 5.41) is 20.0. The zero-order valence-corrected chi connectivity index (χ0v) is 10.9. The summed E-state index contributed by atoms with van der Waals surface area (Å²) >= 11 is 0. The van der Waals surface area contributed by atoms with Gasteiger partial charge in [-0.3, -0.25) is 19.6 Å². The molecule has 108 valence electrons. The molecule has 1 rings (SSSR count). The summed E-state index contributed by atoms with van der Waals surface area (Å²) in [4.78, 5) is 33.2. The molecule has 0 heterocycles. The summed E-state index contributed by atoms with van der Waals surface area (Å²) < 4.78 is 0. The summed E-state index contributed by atoms with van der Waals surface area (Å²) in [5.41, 5.74) is 2.69. The van der Waals surface area contributed by atoms with Crippen LogP contribution >= 0.6 is 0 Å². The van der Waals surface area contributed by atoms with E-state index in [1.807, 2.05) is 0 Å². The minimum absolute atomic E-state index is 0.0814. The summed E-state index contributed by atoms with van der Waals surface area (Å²) in [7, 11) is 0. The minimum atomic E-state index is -1.16. The lowest BCUT2D eigenvalue weighted by Crippen LogP contribution is -2.44. The lowest BCUT2D eigenvalue weighted by Gasteiger charge is -2.14. The standard InChI is InChI=1S/C13H16N2O5/c1-8(16)10-4-2-3-9(5-10)7-14-11(6-12(17)18)13(19)15-20/h2-5,11,14,20H,6-7H2,1H3,(H,15,19)(H,17,18)/t11-/m0/s1. The van der Waals surface area contributed by atoms with Crippen LogP contribution in [0.15, 0.2) is 24.3 Å². The van der Waals surface area contributed by atoms with Crippen molar-refractivity contribution in [3.05, 3.63) is 35.4 Å². The molecule has 0 saturated heterocycles. The number of benzene rings is 1. The quantitative estimate of drug-likeness (QED) is 0.325. The maximum absolute atomic E-state index is 11.3. The predicted molar refractivity (Wildman–Crippen MR) is 69.3 cm³/mol. The number of hydroxylamine groups is 1. The zero-order valence-electron chi connectivity index (χ0n) is 10.9. The minimum Gasteiger partial charge on any atom is -0.481 e. The second kappa shape index (κ2) is 7.37. The molecule has 1 atom stereocenters. The zero-order chi connectivity index (χ0) is 15.1. The van der Waals surface area contributed by atoms with Gasteiger partial charge in [-0.15, -0.1) is 0 Å². The van der Waals surface area contributed by atoms with Crippen LogP contribution in [0.2, 0.25) is 0 Å². The van der Waals surface area contributed by atoms with Crippen LogP contribution in [0.25, 0.3) is 0 Å². The van der Waals surface area contributed by atoms with Crippen LogP contribution in [0.1, 0.15) is 29.3 Å². The number of carbonyl (C=O) groups is 3. The van der Waals surface area contributed by atoms with E-state index in [0.29, 0.717) is 5.56 Å². The van der Waals surface area contributed by atoms with Gasteiger partial charge in [-0.05, 0) is 18.6 Å². The van der Waals surface area contributed by atoms with Crippen molar-refractivity contribution in [1.29, 1.82) is 0 Å². The number of hydrogen-bond acceptors (Lipinski definition) is 5. The molecule has 0 aromatic heterocycles. The average molecular weight is 280 g/mol. The molecule has 7 heteroatoms. The molecule has 4 N–H and O–H groups in total. The van der Waals surface area contributed by atoms with Crippen molar-refractivity contribution in [3.63, 3.8) is 0 Å². The smallest absolute Gasteiger partial charge is 0.305 e. The lowest BCUT2D eigenvalue weighted by molar-refractivity contribution is -0.141. The molecule has 0 aliphatic heterocycles. The number of rotatable bonds is 7. The Kier molecular flexibility index (Phi) is 5.82. The van der Waals surface area contributed by atoms with Crippen LogP contribution in [0, 0.1) is 0 Å². The second-order valence-corrected chi connectivity index (χ2v) is 4.26. The van der Waals surface area contributed by atoms with E-state index in [-0.39, 0.29) is 12.3 Å². The fraction of sp³-hybridized carbons (Fsp3) is 0.308. The molecular weight excluding hydrogens is 264 g/mol. The van der Waals surface area contributed by atoms with Crippen LogP contribution in [0.3, 0.4) is 0 Å². The number of carbonyl (C=O) groups excluding carboxylic acids is 2. The fourth-order valence-corrected chi connectivity index (χ4v) is 1.65. The summed E-state index contributed by atoms with van der Waals surface area (Å²) in [6.07, 6.45) is -0.460. The first-order chi connectivity index (χ1) is 9.43. The van der Waals surface area contributed by atoms with Crippen LogP contribution < -0.4 is 10.8 Å². The van der Waals surface area contributed by atoms with Gasteiger partial charge in [0.1, 0.15) is 0 Å². The lowest BCUT2D eigenvalue weighted by atomic mass is 10.1.